The van der Waals surface area contributed by atoms with E-state index >= 15 is 0 Å². The molecule has 2 aromatic rings. The van der Waals surface area contributed by atoms with Crippen LogP contribution in [0.3, 0.4) is 0 Å². The van der Waals surface area contributed by atoms with Crippen LogP contribution < -0.4 is 0 Å². The largest absolute Gasteiger partial charge is 0.293 e. The molecule has 3 heterocycles. The molecular weight excluding hydrogens is 302 g/mol. The van der Waals surface area contributed by atoms with Gasteiger partial charge in [-0.1, -0.05) is 24.3 Å². The second-order valence-corrected chi connectivity index (χ2v) is 6.16. The van der Waals surface area contributed by atoms with E-state index in [0.29, 0.717) is 11.6 Å². The summed E-state index contributed by atoms with van der Waals surface area (Å²) in [6.45, 7) is 2.58. The van der Waals surface area contributed by atoms with Crippen molar-refractivity contribution in [1.82, 2.24) is 19.7 Å². The smallest absolute Gasteiger partial charge is 0.204 e. The van der Waals surface area contributed by atoms with Crippen molar-refractivity contribution in [3.63, 3.8) is 0 Å². The topological polar surface area (TPSA) is 63.4 Å². The Morgan fingerprint density at radius 3 is 2.96 bits per heavy atom. The molecular formula is C18H19N5O. The number of fused-ring (bicyclic) bond motifs is 1. The molecule has 122 valence electrons. The van der Waals surface area contributed by atoms with Gasteiger partial charge in [0.05, 0.1) is 5.69 Å². The fraction of sp³-hybridized carbons (Fsp3) is 0.333. The molecule has 4 rings (SSSR count). The molecule has 0 atom stereocenters. The molecule has 6 nitrogen and oxygen atoms in total. The molecule has 24 heavy (non-hydrogen) atoms. The second-order valence-electron chi connectivity index (χ2n) is 6.16. The third kappa shape index (κ3) is 2.80. The maximum absolute atomic E-state index is 11.4. The average molecular weight is 321 g/mol. The van der Waals surface area contributed by atoms with Crippen LogP contribution in [0.5, 0.6) is 0 Å². The summed E-state index contributed by atoms with van der Waals surface area (Å²) in [5.41, 5.74) is 3.25. The number of hydrogen-bond acceptors (Lipinski definition) is 5. The highest BCUT2D eigenvalue weighted by atomic mass is 16.3. The van der Waals surface area contributed by atoms with E-state index in [9.17, 15) is 4.91 Å². The van der Waals surface area contributed by atoms with E-state index in [2.05, 4.69) is 38.4 Å². The first kappa shape index (κ1) is 15.0. The lowest BCUT2D eigenvalue weighted by Gasteiger charge is -2.26. The van der Waals surface area contributed by atoms with E-state index in [1.807, 2.05) is 18.2 Å². The summed E-state index contributed by atoms with van der Waals surface area (Å²) in [5, 5.41) is 7.85. The number of allylic oxidation sites excluding steroid dienone is 2. The van der Waals surface area contributed by atoms with Gasteiger partial charge in [-0.2, -0.15) is 9.78 Å². The fourth-order valence-electron chi connectivity index (χ4n) is 3.34. The van der Waals surface area contributed by atoms with Crippen LogP contribution in [0.4, 0.5) is 5.82 Å². The Morgan fingerprint density at radius 2 is 2.21 bits per heavy atom. The lowest BCUT2D eigenvalue weighted by atomic mass is 10.0. The number of pyridine rings is 1. The molecule has 0 aromatic carbocycles. The number of hydrogen-bond donors (Lipinski definition) is 0. The van der Waals surface area contributed by atoms with Gasteiger partial charge < -0.3 is 0 Å². The minimum absolute atomic E-state index is 0.389. The van der Waals surface area contributed by atoms with E-state index in [4.69, 9.17) is 0 Å². The van der Waals surface area contributed by atoms with Crippen molar-refractivity contribution in [2.45, 2.75) is 25.8 Å². The van der Waals surface area contributed by atoms with Crippen molar-refractivity contribution in [3.05, 3.63) is 64.4 Å². The Hall–Kier alpha value is -2.60. The zero-order valence-electron chi connectivity index (χ0n) is 13.4. The van der Waals surface area contributed by atoms with Crippen LogP contribution >= 0.6 is 0 Å². The van der Waals surface area contributed by atoms with Crippen LogP contribution in [-0.2, 0) is 13.0 Å². The molecule has 0 unspecified atom stereocenters. The molecule has 0 bridgehead atoms. The molecule has 0 saturated heterocycles. The molecule has 0 amide bonds. The molecule has 0 N–H and O–H groups in total. The van der Waals surface area contributed by atoms with Gasteiger partial charge in [-0.15, -0.1) is 4.91 Å². The highest BCUT2D eigenvalue weighted by Crippen LogP contribution is 2.30. The Bertz CT molecular complexity index is 806. The van der Waals surface area contributed by atoms with Crippen LogP contribution in [0, 0.1) is 4.91 Å². The van der Waals surface area contributed by atoms with Gasteiger partial charge in [0.2, 0.25) is 5.82 Å². The van der Waals surface area contributed by atoms with Gasteiger partial charge in [0.25, 0.3) is 0 Å². The Balaban J connectivity index is 1.60. The van der Waals surface area contributed by atoms with E-state index in [1.54, 1.807) is 10.9 Å². The summed E-state index contributed by atoms with van der Waals surface area (Å²) in [5.74, 6) is 1.02. The van der Waals surface area contributed by atoms with Crippen molar-refractivity contribution in [2.75, 3.05) is 13.1 Å². The minimum Gasteiger partial charge on any atom is -0.293 e. The first-order chi connectivity index (χ1) is 11.8. The van der Waals surface area contributed by atoms with E-state index in [1.165, 1.54) is 5.57 Å². The highest BCUT2D eigenvalue weighted by Gasteiger charge is 2.26. The van der Waals surface area contributed by atoms with Gasteiger partial charge in [0.1, 0.15) is 0 Å². The van der Waals surface area contributed by atoms with Gasteiger partial charge in [-0.05, 0) is 42.1 Å². The summed E-state index contributed by atoms with van der Waals surface area (Å²) in [7, 11) is 0. The maximum atomic E-state index is 11.4. The van der Waals surface area contributed by atoms with Gasteiger partial charge >= 0.3 is 0 Å². The Morgan fingerprint density at radius 1 is 1.25 bits per heavy atom. The predicted molar refractivity (Wildman–Crippen MR) is 92.3 cm³/mol. The molecule has 1 aliphatic heterocycles. The Kier molecular flexibility index (Phi) is 4.04. The van der Waals surface area contributed by atoms with E-state index in [-0.39, 0.29) is 0 Å². The lowest BCUT2D eigenvalue weighted by Crippen LogP contribution is -2.32. The van der Waals surface area contributed by atoms with Crippen molar-refractivity contribution in [1.29, 1.82) is 0 Å². The summed E-state index contributed by atoms with van der Waals surface area (Å²) in [6.07, 6.45) is 11.5. The van der Waals surface area contributed by atoms with Gasteiger partial charge in [-0.3, -0.25) is 4.90 Å². The molecule has 2 aromatic heterocycles. The first-order valence-electron chi connectivity index (χ1n) is 8.28. The number of nitrogens with zero attached hydrogens (tertiary/aromatic N) is 5. The van der Waals surface area contributed by atoms with E-state index < -0.39 is 0 Å². The summed E-state index contributed by atoms with van der Waals surface area (Å²) in [6, 6.07) is 5.56. The quantitative estimate of drug-likeness (QED) is 0.811. The minimum atomic E-state index is 0.389. The SMILES string of the molecule is O=Nc1c2c(nn1-c1ccccn1)CN(CC1=CCCC=C1)CC2. The molecule has 2 aliphatic rings. The number of nitroso groups, excluding NO2 is 1. The third-order valence-corrected chi connectivity index (χ3v) is 4.52. The number of rotatable bonds is 4. The number of aromatic nitrogens is 3. The van der Waals surface area contributed by atoms with Crippen LogP contribution in [0.2, 0.25) is 0 Å². The predicted octanol–water partition coefficient (Wildman–Crippen LogP) is 3.30. The van der Waals surface area contributed by atoms with Crippen LogP contribution in [0.1, 0.15) is 24.1 Å². The summed E-state index contributed by atoms with van der Waals surface area (Å²) in [4.78, 5) is 18.0. The van der Waals surface area contributed by atoms with Crippen molar-refractivity contribution in [2.24, 2.45) is 5.18 Å². The lowest BCUT2D eigenvalue weighted by molar-refractivity contribution is 0.273. The molecule has 1 aliphatic carbocycles. The van der Waals surface area contributed by atoms with Crippen molar-refractivity contribution >= 4 is 5.82 Å². The third-order valence-electron chi connectivity index (χ3n) is 4.52. The van der Waals surface area contributed by atoms with Gasteiger partial charge in [0, 0.05) is 31.4 Å². The van der Waals surface area contributed by atoms with Crippen LogP contribution in [0.25, 0.3) is 5.82 Å². The van der Waals surface area contributed by atoms with Crippen molar-refractivity contribution < 1.29 is 0 Å². The van der Waals surface area contributed by atoms with Crippen molar-refractivity contribution in [3.8, 4) is 5.82 Å². The standard InChI is InChI=1S/C18H19N5O/c24-21-18-15-9-11-22(12-14-6-2-1-3-7-14)13-16(15)20-23(18)17-8-4-5-10-19-17/h2,4-8,10H,1,3,9,11-13H2. The molecule has 0 spiro atoms. The summed E-state index contributed by atoms with van der Waals surface area (Å²) >= 11 is 0. The van der Waals surface area contributed by atoms with Gasteiger partial charge in [0.15, 0.2) is 5.82 Å². The molecule has 6 heteroatoms. The highest BCUT2D eigenvalue weighted by molar-refractivity contribution is 5.48. The second kappa shape index (κ2) is 6.49. The average Bonchev–Trinajstić information content (AvgIpc) is 3.01. The molecule has 0 radical (unpaired) electrons. The zero-order chi connectivity index (χ0) is 16.4. The molecule has 0 fully saturated rings. The van der Waals surface area contributed by atoms with Crippen LogP contribution in [0.15, 0.2) is 53.4 Å². The normalized spacial score (nSPS) is 17.4. The van der Waals surface area contributed by atoms with E-state index in [0.717, 1.165) is 50.2 Å². The molecule has 0 saturated carbocycles. The summed E-state index contributed by atoms with van der Waals surface area (Å²) < 4.78 is 1.57. The fourth-order valence-corrected chi connectivity index (χ4v) is 3.34. The monoisotopic (exact) mass is 321 g/mol. The first-order valence-corrected chi connectivity index (χ1v) is 8.28. The Labute approximate surface area is 140 Å². The van der Waals surface area contributed by atoms with Crippen LogP contribution in [-0.4, -0.2) is 32.8 Å². The maximum Gasteiger partial charge on any atom is 0.204 e. The van der Waals surface area contributed by atoms with Gasteiger partial charge in [-0.25, -0.2) is 4.98 Å². The zero-order valence-corrected chi connectivity index (χ0v) is 13.4.